The van der Waals surface area contributed by atoms with Crippen molar-refractivity contribution in [2.45, 2.75) is 69.2 Å². The average molecular weight is 384 g/mol. The summed E-state index contributed by atoms with van der Waals surface area (Å²) >= 11 is 0. The molecule has 1 aliphatic rings. The molecule has 27 heavy (non-hydrogen) atoms. The zero-order valence-electron chi connectivity index (χ0n) is 15.1. The first kappa shape index (κ1) is 21.6. The molecule has 1 aromatic carbocycles. The van der Waals surface area contributed by atoms with E-state index in [4.69, 9.17) is 19.7 Å². The minimum Gasteiger partial charge on any atom is -0.479 e. The number of aliphatic hydroxyl groups excluding tert-OH is 4. The van der Waals surface area contributed by atoms with Gasteiger partial charge in [0.1, 0.15) is 24.1 Å². The van der Waals surface area contributed by atoms with Crippen molar-refractivity contribution in [3.8, 4) is 5.75 Å². The van der Waals surface area contributed by atoms with Crippen LogP contribution in [0.3, 0.4) is 0 Å². The number of rotatable bonds is 10. The number of unbranched alkanes of at least 4 members (excludes halogenated alkanes) is 4. The number of carboxylic acid groups (broad SMARTS) is 1. The summed E-state index contributed by atoms with van der Waals surface area (Å²) in [6.07, 6.45) is -2.06. The lowest BCUT2D eigenvalue weighted by Gasteiger charge is -2.38. The lowest BCUT2D eigenvalue weighted by atomic mass is 9.99. The summed E-state index contributed by atoms with van der Waals surface area (Å²) in [5, 5.41) is 47.2. The largest absolute Gasteiger partial charge is 0.479 e. The van der Waals surface area contributed by atoms with E-state index in [1.807, 2.05) is 12.1 Å². The number of aryl methyl sites for hydroxylation is 1. The number of hydrogen-bond donors (Lipinski definition) is 5. The summed E-state index contributed by atoms with van der Waals surface area (Å²) in [6, 6.07) is 7.12. The first-order valence-corrected chi connectivity index (χ1v) is 9.23. The van der Waals surface area contributed by atoms with Crippen LogP contribution in [-0.2, 0) is 16.0 Å². The molecule has 8 heteroatoms. The van der Waals surface area contributed by atoms with Crippen molar-refractivity contribution in [1.29, 1.82) is 0 Å². The summed E-state index contributed by atoms with van der Waals surface area (Å²) in [5.74, 6) is -1.09. The van der Waals surface area contributed by atoms with E-state index in [0.29, 0.717) is 5.75 Å². The van der Waals surface area contributed by atoms with E-state index in [1.165, 1.54) is 0 Å². The van der Waals surface area contributed by atoms with Crippen LogP contribution in [0.25, 0.3) is 0 Å². The Morgan fingerprint density at radius 3 is 2.19 bits per heavy atom. The minimum absolute atomic E-state index is 0.240. The van der Waals surface area contributed by atoms with Crippen LogP contribution in [0.5, 0.6) is 5.75 Å². The Hall–Kier alpha value is -1.71. The van der Waals surface area contributed by atoms with Crippen LogP contribution in [0.2, 0.25) is 0 Å². The molecule has 0 spiro atoms. The normalized spacial score (nSPS) is 28.1. The molecule has 1 saturated heterocycles. The second kappa shape index (κ2) is 10.6. The number of aliphatic carboxylic acids is 1. The van der Waals surface area contributed by atoms with Gasteiger partial charge in [0.25, 0.3) is 0 Å². The summed E-state index contributed by atoms with van der Waals surface area (Å²) in [5.41, 5.74) is 1.12. The number of carboxylic acids is 1. The molecule has 8 nitrogen and oxygen atoms in total. The minimum atomic E-state index is -1.74. The summed E-state index contributed by atoms with van der Waals surface area (Å²) in [4.78, 5) is 11.1. The number of hydrogen-bond acceptors (Lipinski definition) is 7. The van der Waals surface area contributed by atoms with Gasteiger partial charge in [-0.2, -0.15) is 0 Å². The van der Waals surface area contributed by atoms with Crippen molar-refractivity contribution in [3.05, 3.63) is 29.8 Å². The van der Waals surface area contributed by atoms with Gasteiger partial charge in [0.2, 0.25) is 6.29 Å². The molecule has 1 aromatic rings. The molecule has 0 amide bonds. The van der Waals surface area contributed by atoms with Gasteiger partial charge in [-0.05, 0) is 37.0 Å². The van der Waals surface area contributed by atoms with Crippen LogP contribution >= 0.6 is 0 Å². The van der Waals surface area contributed by atoms with Gasteiger partial charge in [0, 0.05) is 6.61 Å². The SMILES string of the molecule is O=C(O)[C@H]1O[C@@H](Oc2ccc(CCCCCCCO)cc2)[C@H](O)[C@@H](O)[C@@H]1O. The molecule has 0 unspecified atom stereocenters. The standard InChI is InChI=1S/C19H28O8/c20-11-5-3-1-2-4-6-12-7-9-13(10-8-12)26-19-16(23)14(21)15(22)17(27-19)18(24)25/h7-10,14-17,19-23H,1-6,11H2,(H,24,25)/t14-,15-,16+,17-,19+/m0/s1. The third kappa shape index (κ3) is 6.15. The van der Waals surface area contributed by atoms with Crippen LogP contribution in [0.4, 0.5) is 0 Å². The molecule has 0 bridgehead atoms. The molecule has 5 N–H and O–H groups in total. The Morgan fingerprint density at radius 2 is 1.56 bits per heavy atom. The molecule has 1 aliphatic heterocycles. The maximum absolute atomic E-state index is 11.1. The van der Waals surface area contributed by atoms with Gasteiger partial charge >= 0.3 is 5.97 Å². The summed E-state index contributed by atoms with van der Waals surface area (Å²) < 4.78 is 10.6. The maximum Gasteiger partial charge on any atom is 0.335 e. The van der Waals surface area contributed by atoms with Crippen LogP contribution in [-0.4, -0.2) is 68.8 Å². The molecule has 1 fully saturated rings. The highest BCUT2D eigenvalue weighted by atomic mass is 16.7. The summed E-state index contributed by atoms with van der Waals surface area (Å²) in [6.45, 7) is 0.240. The molecule has 5 atom stereocenters. The predicted molar refractivity (Wildman–Crippen MR) is 95.3 cm³/mol. The number of ether oxygens (including phenoxy) is 2. The van der Waals surface area contributed by atoms with Crippen molar-refractivity contribution < 1.29 is 39.8 Å². The molecule has 152 valence electrons. The predicted octanol–water partition coefficient (Wildman–Crippen LogP) is 0.443. The van der Waals surface area contributed by atoms with Crippen molar-refractivity contribution in [2.75, 3.05) is 6.61 Å². The quantitative estimate of drug-likeness (QED) is 0.367. The van der Waals surface area contributed by atoms with Gasteiger partial charge in [-0.1, -0.05) is 31.4 Å². The fraction of sp³-hybridized carbons (Fsp3) is 0.632. The fourth-order valence-corrected chi connectivity index (χ4v) is 2.99. The highest BCUT2D eigenvalue weighted by molar-refractivity contribution is 5.73. The van der Waals surface area contributed by atoms with Crippen LogP contribution in [0.15, 0.2) is 24.3 Å². The van der Waals surface area contributed by atoms with Crippen molar-refractivity contribution in [1.82, 2.24) is 0 Å². The van der Waals surface area contributed by atoms with Crippen LogP contribution in [0.1, 0.15) is 37.7 Å². The first-order valence-electron chi connectivity index (χ1n) is 9.23. The highest BCUT2D eigenvalue weighted by Crippen LogP contribution is 2.25. The zero-order valence-corrected chi connectivity index (χ0v) is 15.1. The van der Waals surface area contributed by atoms with Crippen molar-refractivity contribution >= 4 is 5.97 Å². The molecule has 2 rings (SSSR count). The van der Waals surface area contributed by atoms with Gasteiger partial charge in [-0.25, -0.2) is 4.79 Å². The van der Waals surface area contributed by atoms with Crippen LogP contribution < -0.4 is 4.74 Å². The number of carbonyl (C=O) groups is 1. The highest BCUT2D eigenvalue weighted by Gasteiger charge is 2.48. The smallest absolute Gasteiger partial charge is 0.335 e. The third-order valence-corrected chi connectivity index (χ3v) is 4.61. The van der Waals surface area contributed by atoms with Gasteiger partial charge in [-0.15, -0.1) is 0 Å². The van der Waals surface area contributed by atoms with Crippen LogP contribution in [0, 0.1) is 0 Å². The Bertz CT molecular complexity index is 576. The Kier molecular flexibility index (Phi) is 8.46. The van der Waals surface area contributed by atoms with E-state index in [0.717, 1.165) is 44.1 Å². The molecule has 0 aromatic heterocycles. The van der Waals surface area contributed by atoms with E-state index in [1.54, 1.807) is 12.1 Å². The van der Waals surface area contributed by atoms with E-state index in [9.17, 15) is 20.1 Å². The average Bonchev–Trinajstić information content (AvgIpc) is 2.66. The molecular weight excluding hydrogens is 356 g/mol. The molecule has 0 aliphatic carbocycles. The van der Waals surface area contributed by atoms with Gasteiger partial charge < -0.3 is 35.0 Å². The Morgan fingerprint density at radius 1 is 0.926 bits per heavy atom. The first-order chi connectivity index (χ1) is 12.9. The number of aliphatic hydroxyl groups is 4. The maximum atomic E-state index is 11.1. The van der Waals surface area contributed by atoms with Crippen molar-refractivity contribution in [2.24, 2.45) is 0 Å². The second-order valence-corrected chi connectivity index (χ2v) is 6.74. The van der Waals surface area contributed by atoms with E-state index < -0.39 is 36.7 Å². The lowest BCUT2D eigenvalue weighted by Crippen LogP contribution is -2.61. The topological polar surface area (TPSA) is 137 Å². The Balaban J connectivity index is 1.85. The molecule has 0 radical (unpaired) electrons. The van der Waals surface area contributed by atoms with E-state index in [-0.39, 0.29) is 6.61 Å². The summed E-state index contributed by atoms with van der Waals surface area (Å²) in [7, 11) is 0. The third-order valence-electron chi connectivity index (χ3n) is 4.61. The Labute approximate surface area is 158 Å². The van der Waals surface area contributed by atoms with Gasteiger partial charge in [0.15, 0.2) is 6.10 Å². The van der Waals surface area contributed by atoms with E-state index >= 15 is 0 Å². The van der Waals surface area contributed by atoms with Gasteiger partial charge in [0.05, 0.1) is 0 Å². The molecule has 1 heterocycles. The van der Waals surface area contributed by atoms with E-state index in [2.05, 4.69) is 0 Å². The lowest BCUT2D eigenvalue weighted by molar-refractivity contribution is -0.271. The molecule has 0 saturated carbocycles. The number of benzene rings is 1. The van der Waals surface area contributed by atoms with Gasteiger partial charge in [-0.3, -0.25) is 0 Å². The zero-order chi connectivity index (χ0) is 19.8. The second-order valence-electron chi connectivity index (χ2n) is 6.74. The molecular formula is C19H28O8. The van der Waals surface area contributed by atoms with Crippen molar-refractivity contribution in [3.63, 3.8) is 0 Å². The monoisotopic (exact) mass is 384 g/mol. The fourth-order valence-electron chi connectivity index (χ4n) is 2.99.